The lowest BCUT2D eigenvalue weighted by Crippen LogP contribution is -2.43. The van der Waals surface area contributed by atoms with Gasteiger partial charge < -0.3 is 9.30 Å². The maximum absolute atomic E-state index is 12.8. The van der Waals surface area contributed by atoms with Crippen LogP contribution in [-0.4, -0.2) is 40.3 Å². The van der Waals surface area contributed by atoms with E-state index in [1.54, 1.807) is 6.07 Å². The van der Waals surface area contributed by atoms with Crippen molar-refractivity contribution >= 4 is 0 Å². The van der Waals surface area contributed by atoms with E-state index in [1.165, 1.54) is 12.1 Å². The Morgan fingerprint density at radius 1 is 1.32 bits per heavy atom. The summed E-state index contributed by atoms with van der Waals surface area (Å²) in [5, 5.41) is 0. The van der Waals surface area contributed by atoms with Crippen molar-refractivity contribution in [2.24, 2.45) is 7.05 Å². The summed E-state index contributed by atoms with van der Waals surface area (Å²) in [6, 6.07) is 5.49. The van der Waals surface area contributed by atoms with Crippen LogP contribution in [0.15, 0.2) is 30.5 Å². The molecule has 1 unspecified atom stereocenters. The molecular weight excluding hydrogens is 331 g/mol. The number of hydrogen-bond donors (Lipinski definition) is 0. The SMILES string of the molecule is Cc1ncc(CN2CCOC(Cc3cccc(C(F)(F)F)c3)C2)n1C. The number of rotatable bonds is 4. The number of nitrogens with zero attached hydrogens (tertiary/aromatic N) is 3. The fourth-order valence-corrected chi connectivity index (χ4v) is 3.11. The summed E-state index contributed by atoms with van der Waals surface area (Å²) in [6.07, 6.45) is -2.07. The highest BCUT2D eigenvalue weighted by Crippen LogP contribution is 2.30. The van der Waals surface area contributed by atoms with Crippen LogP contribution in [0.2, 0.25) is 0 Å². The molecule has 2 aromatic rings. The Bertz CT molecular complexity index is 727. The standard InChI is InChI=1S/C18H22F3N3O/c1-13-22-10-16(23(13)2)11-24-6-7-25-17(12-24)9-14-4-3-5-15(8-14)18(19,20)21/h3-5,8,10,17H,6-7,9,11-12H2,1-2H3. The van der Waals surface area contributed by atoms with Gasteiger partial charge >= 0.3 is 6.18 Å². The molecule has 25 heavy (non-hydrogen) atoms. The van der Waals surface area contributed by atoms with E-state index in [-0.39, 0.29) is 6.10 Å². The minimum atomic E-state index is -4.31. The highest BCUT2D eigenvalue weighted by molar-refractivity contribution is 5.26. The van der Waals surface area contributed by atoms with E-state index in [0.717, 1.165) is 30.7 Å². The highest BCUT2D eigenvalue weighted by Gasteiger charge is 2.30. The van der Waals surface area contributed by atoms with E-state index in [4.69, 9.17) is 4.74 Å². The number of ether oxygens (including phenoxy) is 1. The van der Waals surface area contributed by atoms with E-state index in [0.29, 0.717) is 25.1 Å². The number of aromatic nitrogens is 2. The van der Waals surface area contributed by atoms with Crippen molar-refractivity contribution in [1.29, 1.82) is 0 Å². The zero-order chi connectivity index (χ0) is 18.0. The first kappa shape index (κ1) is 17.9. The smallest absolute Gasteiger partial charge is 0.375 e. The quantitative estimate of drug-likeness (QED) is 0.846. The molecule has 7 heteroatoms. The fourth-order valence-electron chi connectivity index (χ4n) is 3.11. The zero-order valence-electron chi connectivity index (χ0n) is 14.4. The van der Waals surface area contributed by atoms with Gasteiger partial charge in [0.25, 0.3) is 0 Å². The Morgan fingerprint density at radius 2 is 2.12 bits per heavy atom. The van der Waals surface area contributed by atoms with Gasteiger partial charge in [-0.15, -0.1) is 0 Å². The van der Waals surface area contributed by atoms with Crippen molar-refractivity contribution in [1.82, 2.24) is 14.5 Å². The zero-order valence-corrected chi connectivity index (χ0v) is 14.4. The van der Waals surface area contributed by atoms with Crippen molar-refractivity contribution in [2.75, 3.05) is 19.7 Å². The molecule has 1 aliphatic rings. The molecule has 2 heterocycles. The van der Waals surface area contributed by atoms with Crippen LogP contribution in [0.25, 0.3) is 0 Å². The molecule has 136 valence electrons. The number of morpholine rings is 1. The minimum Gasteiger partial charge on any atom is -0.375 e. The number of hydrogen-bond acceptors (Lipinski definition) is 3. The van der Waals surface area contributed by atoms with E-state index < -0.39 is 11.7 Å². The van der Waals surface area contributed by atoms with Gasteiger partial charge in [-0.1, -0.05) is 18.2 Å². The largest absolute Gasteiger partial charge is 0.416 e. The first-order valence-electron chi connectivity index (χ1n) is 8.30. The van der Waals surface area contributed by atoms with Crippen molar-refractivity contribution < 1.29 is 17.9 Å². The summed E-state index contributed by atoms with van der Waals surface area (Å²) in [5.74, 6) is 0.962. The average Bonchev–Trinajstić information content (AvgIpc) is 2.87. The number of aryl methyl sites for hydroxylation is 1. The summed E-state index contributed by atoms with van der Waals surface area (Å²) in [4.78, 5) is 6.56. The van der Waals surface area contributed by atoms with Crippen molar-refractivity contribution in [2.45, 2.75) is 32.2 Å². The molecule has 0 radical (unpaired) electrons. The second-order valence-corrected chi connectivity index (χ2v) is 6.49. The van der Waals surface area contributed by atoms with Crippen LogP contribution in [0.5, 0.6) is 0 Å². The summed E-state index contributed by atoms with van der Waals surface area (Å²) in [5.41, 5.74) is 1.17. The minimum absolute atomic E-state index is 0.105. The highest BCUT2D eigenvalue weighted by atomic mass is 19.4. The predicted molar refractivity (Wildman–Crippen MR) is 88.1 cm³/mol. The molecule has 0 saturated carbocycles. The van der Waals surface area contributed by atoms with Crippen LogP contribution < -0.4 is 0 Å². The van der Waals surface area contributed by atoms with E-state index in [1.807, 2.05) is 20.2 Å². The van der Waals surface area contributed by atoms with Gasteiger partial charge in [-0.2, -0.15) is 13.2 Å². The lowest BCUT2D eigenvalue weighted by atomic mass is 10.0. The van der Waals surface area contributed by atoms with E-state index in [9.17, 15) is 13.2 Å². The third kappa shape index (κ3) is 4.41. The summed E-state index contributed by atoms with van der Waals surface area (Å²) >= 11 is 0. The van der Waals surface area contributed by atoms with Gasteiger partial charge in [0, 0.05) is 32.9 Å². The summed E-state index contributed by atoms with van der Waals surface area (Å²) in [6.45, 7) is 4.81. The van der Waals surface area contributed by atoms with Gasteiger partial charge in [-0.05, 0) is 25.0 Å². The monoisotopic (exact) mass is 353 g/mol. The van der Waals surface area contributed by atoms with Gasteiger partial charge in [0.1, 0.15) is 5.82 Å². The normalized spacial score (nSPS) is 19.3. The molecule has 0 bridgehead atoms. The maximum Gasteiger partial charge on any atom is 0.416 e. The molecule has 0 amide bonds. The van der Waals surface area contributed by atoms with Crippen molar-refractivity contribution in [3.05, 3.63) is 53.1 Å². The number of halogens is 3. The molecule has 1 aromatic heterocycles. The summed E-state index contributed by atoms with van der Waals surface area (Å²) < 4.78 is 46.3. The molecule has 1 fully saturated rings. The number of alkyl halides is 3. The molecule has 0 aliphatic carbocycles. The van der Waals surface area contributed by atoms with Crippen LogP contribution in [0.1, 0.15) is 22.6 Å². The van der Waals surface area contributed by atoms with Crippen molar-refractivity contribution in [3.63, 3.8) is 0 Å². The van der Waals surface area contributed by atoms with Crippen LogP contribution in [0.4, 0.5) is 13.2 Å². The maximum atomic E-state index is 12.8. The first-order chi connectivity index (χ1) is 11.8. The molecule has 1 saturated heterocycles. The Morgan fingerprint density at radius 3 is 2.80 bits per heavy atom. The fraction of sp³-hybridized carbons (Fsp3) is 0.500. The number of benzene rings is 1. The lowest BCUT2D eigenvalue weighted by molar-refractivity contribution is -0.137. The first-order valence-corrected chi connectivity index (χ1v) is 8.30. The van der Waals surface area contributed by atoms with Crippen LogP contribution in [0.3, 0.4) is 0 Å². The van der Waals surface area contributed by atoms with Gasteiger partial charge in [0.2, 0.25) is 0 Å². The Labute approximate surface area is 145 Å². The topological polar surface area (TPSA) is 30.3 Å². The number of imidazole rings is 1. The molecular formula is C18H22F3N3O. The third-order valence-electron chi connectivity index (χ3n) is 4.64. The molecule has 4 nitrogen and oxygen atoms in total. The molecule has 1 aliphatic heterocycles. The summed E-state index contributed by atoms with van der Waals surface area (Å²) in [7, 11) is 1.98. The third-order valence-corrected chi connectivity index (χ3v) is 4.64. The molecule has 0 spiro atoms. The van der Waals surface area contributed by atoms with E-state index in [2.05, 4.69) is 14.5 Å². The van der Waals surface area contributed by atoms with Gasteiger partial charge in [-0.25, -0.2) is 4.98 Å². The van der Waals surface area contributed by atoms with Crippen molar-refractivity contribution in [3.8, 4) is 0 Å². The van der Waals surface area contributed by atoms with Crippen LogP contribution in [0, 0.1) is 6.92 Å². The predicted octanol–water partition coefficient (Wildman–Crippen LogP) is 3.19. The van der Waals surface area contributed by atoms with Crippen LogP contribution >= 0.6 is 0 Å². The molecule has 1 atom stereocenters. The Kier molecular flexibility index (Phi) is 5.15. The second-order valence-electron chi connectivity index (χ2n) is 6.49. The average molecular weight is 353 g/mol. The van der Waals surface area contributed by atoms with Crippen LogP contribution in [-0.2, 0) is 30.9 Å². The second kappa shape index (κ2) is 7.17. The lowest BCUT2D eigenvalue weighted by Gasteiger charge is -2.33. The van der Waals surface area contributed by atoms with Gasteiger partial charge in [0.15, 0.2) is 0 Å². The Balaban J connectivity index is 1.63. The molecule has 3 rings (SSSR count). The van der Waals surface area contributed by atoms with E-state index >= 15 is 0 Å². The molecule has 1 aromatic carbocycles. The van der Waals surface area contributed by atoms with Gasteiger partial charge in [-0.3, -0.25) is 4.90 Å². The van der Waals surface area contributed by atoms with Gasteiger partial charge in [0.05, 0.1) is 24.0 Å². The molecule has 0 N–H and O–H groups in total. The Hall–Kier alpha value is -1.86.